The number of primary amides is 1. The van der Waals surface area contributed by atoms with E-state index in [-0.39, 0.29) is 17.7 Å². The van der Waals surface area contributed by atoms with Crippen molar-refractivity contribution < 1.29 is 29.3 Å². The molecule has 0 saturated carbocycles. The molecule has 0 saturated heterocycles. The normalized spacial score (nSPS) is 11.6. The van der Waals surface area contributed by atoms with Gasteiger partial charge in [0.15, 0.2) is 5.82 Å². The Bertz CT molecular complexity index is 1610. The minimum atomic E-state index is -1.29. The van der Waals surface area contributed by atoms with Crippen LogP contribution in [0.3, 0.4) is 0 Å². The summed E-state index contributed by atoms with van der Waals surface area (Å²) in [4.78, 5) is 44.5. The number of hydrogen-bond donors (Lipinski definition) is 4. The van der Waals surface area contributed by atoms with Crippen molar-refractivity contribution in [1.82, 2.24) is 15.3 Å². The molecule has 0 radical (unpaired) electrons. The Kier molecular flexibility index (Phi) is 15.4. The highest BCUT2D eigenvalue weighted by atomic mass is 32.1. The lowest BCUT2D eigenvalue weighted by molar-refractivity contribution is -0.142. The van der Waals surface area contributed by atoms with Gasteiger partial charge >= 0.3 is 5.97 Å². The lowest BCUT2D eigenvalue weighted by Gasteiger charge is -2.14. The molecular weight excluding hydrogens is 641 g/mol. The van der Waals surface area contributed by atoms with Crippen molar-refractivity contribution in [2.75, 3.05) is 13.2 Å². The van der Waals surface area contributed by atoms with Gasteiger partial charge in [-0.25, -0.2) is 14.8 Å². The number of nitrogens with two attached hydrogens (primary N) is 1. The Morgan fingerprint density at radius 2 is 1.51 bits per heavy atom. The Hall–Kier alpha value is -4.61. The molecule has 0 aliphatic carbocycles. The first-order chi connectivity index (χ1) is 23.4. The van der Waals surface area contributed by atoms with Crippen molar-refractivity contribution in [3.05, 3.63) is 88.4 Å². The van der Waals surface area contributed by atoms with E-state index in [1.807, 2.05) is 54.6 Å². The lowest BCUT2D eigenvalue weighted by atomic mass is 9.95. The van der Waals surface area contributed by atoms with E-state index in [4.69, 9.17) is 20.7 Å². The summed E-state index contributed by atoms with van der Waals surface area (Å²) in [5.41, 5.74) is 8.96. The maximum Gasteiger partial charge on any atom is 0.328 e. The number of amides is 2. The number of carbonyl (C=O) groups excluding carboxylic acids is 2. The van der Waals surface area contributed by atoms with E-state index in [0.717, 1.165) is 41.0 Å². The molecule has 2 aromatic heterocycles. The minimum absolute atomic E-state index is 0.109. The number of unbranched alkanes of at least 4 members (excludes halogenated alkanes) is 4. The number of thiophene rings is 1. The second-order valence-electron chi connectivity index (χ2n) is 12.7. The first kappa shape index (κ1) is 38.8. The fraction of sp³-hybridized carbons (Fsp3) is 0.395. The van der Waals surface area contributed by atoms with Crippen LogP contribution >= 0.6 is 11.3 Å². The van der Waals surface area contributed by atoms with Crippen molar-refractivity contribution in [3.8, 4) is 28.3 Å². The second kappa shape index (κ2) is 19.4. The number of ether oxygens (including phenoxy) is 1. The lowest BCUT2D eigenvalue weighted by Crippen LogP contribution is -2.43. The standard InChI is InChI=1S/C29H35N3O5.C9H13NOS/c1-2-3-4-5-6-17-37-25-14-12-22(13-15-25)24-18-30-28(31-19-24)23-10-7-21(8-11-23)9-16-27(34)32-26(20-33)29(35)36;1-9(2,3)7-5-4-6(12-7)8(10)11/h7-8,10-15,18-19,26,33H,2-6,9,16-17,20H2,1H3,(H,32,34)(H,35,36);4-5H,1-3H3,(H2,10,11). The number of nitrogens with one attached hydrogen (secondary N) is 1. The first-order valence-electron chi connectivity index (χ1n) is 16.6. The summed E-state index contributed by atoms with van der Waals surface area (Å²) in [7, 11) is 0. The number of hydrogen-bond acceptors (Lipinski definition) is 8. The molecule has 0 spiro atoms. The van der Waals surface area contributed by atoms with Gasteiger partial charge in [0.2, 0.25) is 5.91 Å². The average molecular weight is 689 g/mol. The molecular formula is C38H48N4O6S. The van der Waals surface area contributed by atoms with Gasteiger partial charge in [-0.2, -0.15) is 0 Å². The van der Waals surface area contributed by atoms with Gasteiger partial charge in [-0.05, 0) is 53.6 Å². The monoisotopic (exact) mass is 688 g/mol. The van der Waals surface area contributed by atoms with Crippen molar-refractivity contribution in [2.45, 2.75) is 84.1 Å². The third-order valence-electron chi connectivity index (χ3n) is 7.61. The molecule has 1 atom stereocenters. The van der Waals surface area contributed by atoms with Crippen molar-refractivity contribution in [2.24, 2.45) is 5.73 Å². The molecule has 0 aliphatic rings. The third kappa shape index (κ3) is 13.1. The van der Waals surface area contributed by atoms with E-state index in [1.54, 1.807) is 18.5 Å². The van der Waals surface area contributed by atoms with Gasteiger partial charge in [0.1, 0.15) is 11.8 Å². The number of carboxylic acid groups (broad SMARTS) is 1. The number of carboxylic acids is 1. The number of benzene rings is 2. The first-order valence-corrected chi connectivity index (χ1v) is 17.4. The van der Waals surface area contributed by atoms with E-state index in [9.17, 15) is 14.4 Å². The maximum absolute atomic E-state index is 11.9. The van der Waals surface area contributed by atoms with E-state index < -0.39 is 24.5 Å². The Balaban J connectivity index is 0.000000456. The number of aliphatic carboxylic acids is 1. The van der Waals surface area contributed by atoms with Gasteiger partial charge in [-0.1, -0.05) is 89.8 Å². The molecule has 2 amide bonds. The van der Waals surface area contributed by atoms with Crippen LogP contribution in [0.15, 0.2) is 73.1 Å². The zero-order valence-electron chi connectivity index (χ0n) is 28.8. The van der Waals surface area contributed by atoms with Crippen LogP contribution in [0.5, 0.6) is 5.75 Å². The molecule has 11 heteroatoms. The summed E-state index contributed by atoms with van der Waals surface area (Å²) in [6, 6.07) is 18.0. The number of aryl methyl sites for hydroxylation is 1. The van der Waals surface area contributed by atoms with Crippen molar-refractivity contribution in [1.29, 1.82) is 0 Å². The Labute approximate surface area is 292 Å². The highest BCUT2D eigenvalue weighted by Crippen LogP contribution is 2.29. The van der Waals surface area contributed by atoms with Crippen molar-refractivity contribution >= 4 is 29.1 Å². The fourth-order valence-electron chi connectivity index (χ4n) is 4.67. The number of aromatic nitrogens is 2. The molecule has 0 aliphatic heterocycles. The second-order valence-corrected chi connectivity index (χ2v) is 13.8. The predicted molar refractivity (Wildman–Crippen MR) is 194 cm³/mol. The van der Waals surface area contributed by atoms with Crippen LogP contribution in [-0.4, -0.2) is 57.2 Å². The largest absolute Gasteiger partial charge is 0.494 e. The zero-order valence-corrected chi connectivity index (χ0v) is 29.6. The van der Waals surface area contributed by atoms with Gasteiger partial charge < -0.3 is 26.0 Å². The molecule has 262 valence electrons. The van der Waals surface area contributed by atoms with Gasteiger partial charge in [0.25, 0.3) is 5.91 Å². The summed E-state index contributed by atoms with van der Waals surface area (Å²) in [6.07, 6.45) is 10.2. The predicted octanol–water partition coefficient (Wildman–Crippen LogP) is 6.80. The van der Waals surface area contributed by atoms with Crippen LogP contribution in [0.4, 0.5) is 0 Å². The van der Waals surface area contributed by atoms with Gasteiger partial charge in [0, 0.05) is 34.8 Å². The highest BCUT2D eigenvalue weighted by Gasteiger charge is 2.19. The van der Waals surface area contributed by atoms with Gasteiger partial charge in [-0.3, -0.25) is 9.59 Å². The maximum atomic E-state index is 11.9. The average Bonchev–Trinajstić information content (AvgIpc) is 3.61. The molecule has 49 heavy (non-hydrogen) atoms. The number of aliphatic hydroxyl groups is 1. The number of aliphatic hydroxyl groups excluding tert-OH is 1. The molecule has 2 aromatic carbocycles. The van der Waals surface area contributed by atoms with E-state index >= 15 is 0 Å². The summed E-state index contributed by atoms with van der Waals surface area (Å²) >= 11 is 1.47. The molecule has 1 unspecified atom stereocenters. The molecule has 4 rings (SSSR count). The molecule has 0 bridgehead atoms. The smallest absolute Gasteiger partial charge is 0.328 e. The zero-order chi connectivity index (χ0) is 35.8. The molecule has 10 nitrogen and oxygen atoms in total. The van der Waals surface area contributed by atoms with Gasteiger partial charge in [0.05, 0.1) is 18.1 Å². The summed E-state index contributed by atoms with van der Waals surface area (Å²) in [6.45, 7) is 8.65. The van der Waals surface area contributed by atoms with Crippen LogP contribution in [0.2, 0.25) is 0 Å². The summed E-state index contributed by atoms with van der Waals surface area (Å²) in [5.74, 6) is -0.560. The van der Waals surface area contributed by atoms with Crippen LogP contribution in [0, 0.1) is 0 Å². The summed E-state index contributed by atoms with van der Waals surface area (Å²) < 4.78 is 5.84. The van der Waals surface area contributed by atoms with E-state index in [1.165, 1.54) is 41.9 Å². The van der Waals surface area contributed by atoms with Crippen LogP contribution < -0.4 is 15.8 Å². The van der Waals surface area contributed by atoms with Crippen LogP contribution in [0.25, 0.3) is 22.5 Å². The SMILES string of the molecule is CC(C)(C)c1ccc(C(N)=O)s1.CCCCCCCOc1ccc(-c2cnc(-c3ccc(CCC(=O)NC(CO)C(=O)O)cc3)nc2)cc1. The third-order valence-corrected chi connectivity index (χ3v) is 9.14. The Morgan fingerprint density at radius 1 is 0.878 bits per heavy atom. The van der Waals surface area contributed by atoms with Crippen LogP contribution in [0.1, 0.15) is 86.3 Å². The number of rotatable bonds is 16. The summed E-state index contributed by atoms with van der Waals surface area (Å²) in [5, 5.41) is 20.2. The topological polar surface area (TPSA) is 165 Å². The minimum Gasteiger partial charge on any atom is -0.494 e. The highest BCUT2D eigenvalue weighted by molar-refractivity contribution is 7.14. The molecule has 5 N–H and O–H groups in total. The quantitative estimate of drug-likeness (QED) is 0.0934. The van der Waals surface area contributed by atoms with Crippen molar-refractivity contribution in [3.63, 3.8) is 0 Å². The van der Waals surface area contributed by atoms with E-state index in [2.05, 4.69) is 43.0 Å². The number of carbonyl (C=O) groups is 3. The van der Waals surface area contributed by atoms with E-state index in [0.29, 0.717) is 17.1 Å². The number of nitrogens with zero attached hydrogens (tertiary/aromatic N) is 2. The Morgan fingerprint density at radius 3 is 2.04 bits per heavy atom. The van der Waals surface area contributed by atoms with Gasteiger partial charge in [-0.15, -0.1) is 11.3 Å². The fourth-order valence-corrected chi connectivity index (χ4v) is 5.59. The molecule has 2 heterocycles. The molecule has 0 fully saturated rings. The molecule has 4 aromatic rings. The van der Waals surface area contributed by atoms with Crippen LogP contribution in [-0.2, 0) is 21.4 Å².